The Morgan fingerprint density at radius 2 is 1.64 bits per heavy atom. The smallest absolute Gasteiger partial charge is 0.325 e. The summed E-state index contributed by atoms with van der Waals surface area (Å²) in [5, 5.41) is 5.62. The molecular weight excluding hydrogens is 452 g/mol. The molecule has 3 aromatic carbocycles. The van der Waals surface area contributed by atoms with E-state index in [1.165, 1.54) is 5.56 Å². The second-order valence-electron chi connectivity index (χ2n) is 9.68. The Balaban J connectivity index is 1.42. The molecule has 0 aliphatic carbocycles. The van der Waals surface area contributed by atoms with Crippen LogP contribution in [0.1, 0.15) is 29.2 Å². The van der Waals surface area contributed by atoms with Gasteiger partial charge in [-0.3, -0.25) is 14.5 Å². The zero-order chi connectivity index (χ0) is 25.9. The number of hydrogen-bond donors (Lipinski definition) is 2. The Morgan fingerprint density at radius 3 is 2.31 bits per heavy atom. The normalized spacial score (nSPS) is 17.4. The van der Waals surface area contributed by atoms with E-state index in [1.54, 1.807) is 6.92 Å². The van der Waals surface area contributed by atoms with Crippen molar-refractivity contribution in [1.29, 1.82) is 0 Å². The summed E-state index contributed by atoms with van der Waals surface area (Å²) in [7, 11) is 4.07. The van der Waals surface area contributed by atoms with Gasteiger partial charge in [-0.15, -0.1) is 0 Å². The van der Waals surface area contributed by atoms with Gasteiger partial charge in [-0.05, 0) is 55.8 Å². The third-order valence-corrected chi connectivity index (χ3v) is 6.46. The molecule has 1 aliphatic heterocycles. The van der Waals surface area contributed by atoms with Crippen molar-refractivity contribution < 1.29 is 14.4 Å². The Bertz CT molecular complexity index is 1270. The molecule has 0 spiro atoms. The van der Waals surface area contributed by atoms with E-state index in [2.05, 4.69) is 39.8 Å². The Labute approximate surface area is 212 Å². The van der Waals surface area contributed by atoms with Crippen molar-refractivity contribution >= 4 is 17.8 Å². The minimum Gasteiger partial charge on any atom is -0.350 e. The molecular formula is C29H32N4O3. The molecule has 3 aromatic rings. The first kappa shape index (κ1) is 25.1. The number of carbonyl (C=O) groups is 3. The molecule has 2 N–H and O–H groups in total. The van der Waals surface area contributed by atoms with Crippen LogP contribution in [0.25, 0.3) is 11.1 Å². The maximum absolute atomic E-state index is 13.1. The van der Waals surface area contributed by atoms with Gasteiger partial charge in [0.2, 0.25) is 5.91 Å². The molecule has 1 heterocycles. The lowest BCUT2D eigenvalue weighted by molar-refractivity contribution is -0.134. The lowest BCUT2D eigenvalue weighted by Gasteiger charge is -2.22. The summed E-state index contributed by atoms with van der Waals surface area (Å²) in [4.78, 5) is 41.6. The van der Waals surface area contributed by atoms with E-state index in [4.69, 9.17) is 0 Å². The van der Waals surface area contributed by atoms with E-state index in [0.29, 0.717) is 5.56 Å². The first-order valence-electron chi connectivity index (χ1n) is 12.0. The lowest BCUT2D eigenvalue weighted by atomic mass is 9.91. The van der Waals surface area contributed by atoms with E-state index in [1.807, 2.05) is 69.6 Å². The van der Waals surface area contributed by atoms with Crippen LogP contribution in [0.5, 0.6) is 0 Å². The standard InChI is InChI=1S/C29H32N4O3/c1-20-9-15-24(16-10-20)29(2)27(35)33(28(36)31-29)19-26(34)30-17-23-7-5-6-8-25(23)22-13-11-21(12-14-22)18-32(3)4/h5-16H,17-19H2,1-4H3,(H,30,34)(H,31,36). The summed E-state index contributed by atoms with van der Waals surface area (Å²) in [5.74, 6) is -0.840. The van der Waals surface area contributed by atoms with E-state index < -0.39 is 23.4 Å². The van der Waals surface area contributed by atoms with Gasteiger partial charge in [0.05, 0.1) is 0 Å². The molecule has 4 rings (SSSR count). The van der Waals surface area contributed by atoms with Gasteiger partial charge in [0.25, 0.3) is 5.91 Å². The predicted molar refractivity (Wildman–Crippen MR) is 140 cm³/mol. The summed E-state index contributed by atoms with van der Waals surface area (Å²) in [6.07, 6.45) is 0. The van der Waals surface area contributed by atoms with Crippen LogP contribution in [0.4, 0.5) is 4.79 Å². The molecule has 0 saturated carbocycles. The third kappa shape index (κ3) is 5.31. The summed E-state index contributed by atoms with van der Waals surface area (Å²) < 4.78 is 0. The maximum Gasteiger partial charge on any atom is 0.325 e. The predicted octanol–water partition coefficient (Wildman–Crippen LogP) is 3.81. The van der Waals surface area contributed by atoms with Crippen molar-refractivity contribution in [3.63, 3.8) is 0 Å². The second-order valence-corrected chi connectivity index (χ2v) is 9.68. The molecule has 36 heavy (non-hydrogen) atoms. The number of aryl methyl sites for hydroxylation is 1. The molecule has 0 aromatic heterocycles. The highest BCUT2D eigenvalue weighted by atomic mass is 16.2. The van der Waals surface area contributed by atoms with Crippen LogP contribution in [0.2, 0.25) is 0 Å². The van der Waals surface area contributed by atoms with Gasteiger partial charge in [-0.25, -0.2) is 4.79 Å². The Kier molecular flexibility index (Phi) is 7.22. The molecule has 1 aliphatic rings. The number of urea groups is 1. The summed E-state index contributed by atoms with van der Waals surface area (Å²) in [5.41, 5.74) is 4.80. The number of hydrogen-bond acceptors (Lipinski definition) is 4. The van der Waals surface area contributed by atoms with Gasteiger partial charge in [0.15, 0.2) is 0 Å². The first-order valence-corrected chi connectivity index (χ1v) is 12.0. The number of nitrogens with one attached hydrogen (secondary N) is 2. The van der Waals surface area contributed by atoms with E-state index in [-0.39, 0.29) is 13.1 Å². The zero-order valence-electron chi connectivity index (χ0n) is 21.2. The quantitative estimate of drug-likeness (QED) is 0.477. The van der Waals surface area contributed by atoms with Gasteiger partial charge in [-0.2, -0.15) is 0 Å². The van der Waals surface area contributed by atoms with Crippen LogP contribution >= 0.6 is 0 Å². The van der Waals surface area contributed by atoms with Gasteiger partial charge in [0.1, 0.15) is 12.1 Å². The highest BCUT2D eigenvalue weighted by molar-refractivity contribution is 6.09. The van der Waals surface area contributed by atoms with Crippen molar-refractivity contribution in [2.75, 3.05) is 20.6 Å². The van der Waals surface area contributed by atoms with Crippen molar-refractivity contribution in [3.05, 3.63) is 95.1 Å². The molecule has 0 radical (unpaired) electrons. The average Bonchev–Trinajstić information content (AvgIpc) is 3.07. The number of carbonyl (C=O) groups excluding carboxylic acids is 3. The highest BCUT2D eigenvalue weighted by Crippen LogP contribution is 2.29. The minimum atomic E-state index is -1.20. The lowest BCUT2D eigenvalue weighted by Crippen LogP contribution is -2.43. The van der Waals surface area contributed by atoms with E-state index in [0.717, 1.165) is 33.7 Å². The Morgan fingerprint density at radius 1 is 0.972 bits per heavy atom. The van der Waals surface area contributed by atoms with Crippen LogP contribution in [-0.4, -0.2) is 48.3 Å². The molecule has 186 valence electrons. The second kappa shape index (κ2) is 10.3. The fraction of sp³-hybridized carbons (Fsp3) is 0.276. The van der Waals surface area contributed by atoms with Crippen LogP contribution in [0.3, 0.4) is 0 Å². The fourth-order valence-corrected chi connectivity index (χ4v) is 4.43. The van der Waals surface area contributed by atoms with Crippen LogP contribution < -0.4 is 10.6 Å². The average molecular weight is 485 g/mol. The van der Waals surface area contributed by atoms with E-state index >= 15 is 0 Å². The van der Waals surface area contributed by atoms with E-state index in [9.17, 15) is 14.4 Å². The molecule has 1 unspecified atom stereocenters. The van der Waals surface area contributed by atoms with Crippen molar-refractivity contribution in [3.8, 4) is 11.1 Å². The third-order valence-electron chi connectivity index (χ3n) is 6.46. The Hall–Kier alpha value is -3.97. The maximum atomic E-state index is 13.1. The molecule has 0 bridgehead atoms. The molecule has 7 heteroatoms. The van der Waals surface area contributed by atoms with Gasteiger partial charge < -0.3 is 15.5 Å². The molecule has 4 amide bonds. The van der Waals surface area contributed by atoms with Crippen molar-refractivity contribution in [1.82, 2.24) is 20.4 Å². The van der Waals surface area contributed by atoms with Gasteiger partial charge in [-0.1, -0.05) is 78.4 Å². The summed E-state index contributed by atoms with van der Waals surface area (Å²) >= 11 is 0. The van der Waals surface area contributed by atoms with Crippen LogP contribution in [-0.2, 0) is 28.2 Å². The number of rotatable bonds is 8. The number of benzene rings is 3. The number of amides is 4. The molecule has 7 nitrogen and oxygen atoms in total. The molecule has 1 saturated heterocycles. The zero-order valence-corrected chi connectivity index (χ0v) is 21.2. The van der Waals surface area contributed by atoms with Crippen molar-refractivity contribution in [2.24, 2.45) is 0 Å². The van der Waals surface area contributed by atoms with Crippen LogP contribution in [0.15, 0.2) is 72.8 Å². The highest BCUT2D eigenvalue weighted by Gasteiger charge is 2.49. The molecule has 1 atom stereocenters. The van der Waals surface area contributed by atoms with Crippen molar-refractivity contribution in [2.45, 2.75) is 32.5 Å². The fourth-order valence-electron chi connectivity index (χ4n) is 4.43. The summed E-state index contributed by atoms with van der Waals surface area (Å²) in [6, 6.07) is 23.1. The number of imide groups is 1. The monoisotopic (exact) mass is 484 g/mol. The first-order chi connectivity index (χ1) is 17.2. The number of nitrogens with zero attached hydrogens (tertiary/aromatic N) is 2. The molecule has 1 fully saturated rings. The summed E-state index contributed by atoms with van der Waals surface area (Å²) in [6.45, 7) is 4.43. The van der Waals surface area contributed by atoms with Gasteiger partial charge in [0, 0.05) is 13.1 Å². The van der Waals surface area contributed by atoms with Crippen LogP contribution in [0, 0.1) is 6.92 Å². The largest absolute Gasteiger partial charge is 0.350 e. The van der Waals surface area contributed by atoms with Gasteiger partial charge >= 0.3 is 6.03 Å². The SMILES string of the molecule is Cc1ccc(C2(C)NC(=O)N(CC(=O)NCc3ccccc3-c3ccc(CN(C)C)cc3)C2=O)cc1. The topological polar surface area (TPSA) is 81.8 Å². The minimum absolute atomic E-state index is 0.285.